The highest BCUT2D eigenvalue weighted by Crippen LogP contribution is 2.44. The summed E-state index contributed by atoms with van der Waals surface area (Å²) >= 11 is 0. The fraction of sp³-hybridized carbons (Fsp3) is 1.00. The smallest absolute Gasteiger partial charge is 0.0679 e. The van der Waals surface area contributed by atoms with E-state index in [2.05, 4.69) is 13.8 Å². The lowest BCUT2D eigenvalue weighted by molar-refractivity contribution is -0.193. The van der Waals surface area contributed by atoms with E-state index in [1.165, 1.54) is 25.7 Å². The number of aliphatic hydroxyl groups excluding tert-OH is 1. The maximum Gasteiger partial charge on any atom is 0.0679 e. The Balaban J connectivity index is 1.83. The average Bonchev–Trinajstić information content (AvgIpc) is 2.56. The first-order chi connectivity index (χ1) is 6.10. The maximum absolute atomic E-state index is 9.54. The van der Waals surface area contributed by atoms with E-state index < -0.39 is 0 Å². The predicted molar refractivity (Wildman–Crippen MR) is 51.5 cm³/mol. The van der Waals surface area contributed by atoms with Crippen molar-refractivity contribution in [1.82, 2.24) is 0 Å². The van der Waals surface area contributed by atoms with Crippen LogP contribution in [0.3, 0.4) is 0 Å². The minimum Gasteiger partial charge on any atom is -0.392 e. The normalized spacial score (nSPS) is 39.0. The van der Waals surface area contributed by atoms with E-state index in [-0.39, 0.29) is 11.5 Å². The molecule has 76 valence electrons. The van der Waals surface area contributed by atoms with E-state index in [4.69, 9.17) is 4.74 Å². The van der Waals surface area contributed by atoms with Crippen molar-refractivity contribution < 1.29 is 9.84 Å². The summed E-state index contributed by atoms with van der Waals surface area (Å²) in [5.74, 6) is 0. The van der Waals surface area contributed by atoms with Crippen molar-refractivity contribution in [2.45, 2.75) is 64.3 Å². The lowest BCUT2D eigenvalue weighted by Crippen LogP contribution is -2.55. The summed E-state index contributed by atoms with van der Waals surface area (Å²) < 4.78 is 5.97. The third kappa shape index (κ3) is 1.62. The van der Waals surface area contributed by atoms with E-state index in [9.17, 15) is 5.11 Å². The molecule has 2 atom stereocenters. The lowest BCUT2D eigenvalue weighted by Gasteiger charge is -2.49. The summed E-state index contributed by atoms with van der Waals surface area (Å²) in [5, 5.41) is 9.54. The van der Waals surface area contributed by atoms with Crippen LogP contribution in [0.4, 0.5) is 0 Å². The summed E-state index contributed by atoms with van der Waals surface area (Å²) in [4.78, 5) is 0. The minimum absolute atomic E-state index is 0.0113. The van der Waals surface area contributed by atoms with Crippen molar-refractivity contribution in [1.29, 1.82) is 0 Å². The number of aliphatic hydroxyl groups is 1. The van der Waals surface area contributed by atoms with Crippen LogP contribution in [0.15, 0.2) is 0 Å². The van der Waals surface area contributed by atoms with Gasteiger partial charge in [0.25, 0.3) is 0 Å². The van der Waals surface area contributed by atoms with Crippen LogP contribution in [0, 0.1) is 5.41 Å². The van der Waals surface area contributed by atoms with Gasteiger partial charge in [-0.15, -0.1) is 0 Å². The van der Waals surface area contributed by atoms with E-state index in [1.807, 2.05) is 0 Å². The molecule has 0 saturated heterocycles. The van der Waals surface area contributed by atoms with Crippen LogP contribution in [-0.2, 0) is 4.74 Å². The third-order valence-corrected chi connectivity index (χ3v) is 3.78. The van der Waals surface area contributed by atoms with Crippen LogP contribution < -0.4 is 0 Å². The fourth-order valence-electron chi connectivity index (χ4n) is 2.35. The van der Waals surface area contributed by atoms with Crippen LogP contribution in [0.25, 0.3) is 0 Å². The Kier molecular flexibility index (Phi) is 2.37. The van der Waals surface area contributed by atoms with Gasteiger partial charge in [-0.1, -0.05) is 26.7 Å². The molecule has 2 unspecified atom stereocenters. The van der Waals surface area contributed by atoms with E-state index >= 15 is 0 Å². The molecule has 2 aliphatic carbocycles. The van der Waals surface area contributed by atoms with Crippen LogP contribution >= 0.6 is 0 Å². The molecule has 13 heavy (non-hydrogen) atoms. The van der Waals surface area contributed by atoms with E-state index in [1.54, 1.807) is 0 Å². The zero-order chi connectivity index (χ0) is 9.47. The van der Waals surface area contributed by atoms with Crippen molar-refractivity contribution in [3.8, 4) is 0 Å². The molecular formula is C11H20O2. The highest BCUT2D eigenvalue weighted by Gasteiger charge is 2.49. The Hall–Kier alpha value is -0.0800. The molecule has 0 aromatic heterocycles. The largest absolute Gasteiger partial charge is 0.392 e. The second-order valence-electron chi connectivity index (χ2n) is 5.10. The van der Waals surface area contributed by atoms with Gasteiger partial charge < -0.3 is 9.84 Å². The Labute approximate surface area is 80.3 Å². The first-order valence-electron chi connectivity index (χ1n) is 5.44. The molecule has 2 fully saturated rings. The third-order valence-electron chi connectivity index (χ3n) is 3.78. The van der Waals surface area contributed by atoms with Crippen LogP contribution in [0.1, 0.15) is 46.0 Å². The summed E-state index contributed by atoms with van der Waals surface area (Å²) in [6.45, 7) is 4.20. The van der Waals surface area contributed by atoms with Gasteiger partial charge in [-0.25, -0.2) is 0 Å². The minimum atomic E-state index is -0.154. The monoisotopic (exact) mass is 184 g/mol. The molecular weight excluding hydrogens is 164 g/mol. The predicted octanol–water partition coefficient (Wildman–Crippen LogP) is 2.10. The first-order valence-corrected chi connectivity index (χ1v) is 5.44. The molecule has 0 radical (unpaired) electrons. The zero-order valence-corrected chi connectivity index (χ0v) is 8.62. The average molecular weight is 184 g/mol. The highest BCUT2D eigenvalue weighted by molar-refractivity contribution is 4.98. The molecule has 2 heteroatoms. The molecule has 1 N–H and O–H groups in total. The van der Waals surface area contributed by atoms with E-state index in [0.717, 1.165) is 6.42 Å². The molecule has 2 saturated carbocycles. The number of ether oxygens (including phenoxy) is 1. The van der Waals surface area contributed by atoms with Gasteiger partial charge in [0.05, 0.1) is 18.3 Å². The topological polar surface area (TPSA) is 29.5 Å². The summed E-state index contributed by atoms with van der Waals surface area (Å²) in [6, 6.07) is 0. The molecule has 0 aromatic carbocycles. The quantitative estimate of drug-likeness (QED) is 0.712. The SMILES string of the molecule is CC1(C)C(O)CC1OC1CCCC1. The Bertz CT molecular complexity index is 183. The highest BCUT2D eigenvalue weighted by atomic mass is 16.5. The van der Waals surface area contributed by atoms with Crippen molar-refractivity contribution in [2.75, 3.05) is 0 Å². The summed E-state index contributed by atoms with van der Waals surface area (Å²) in [5.41, 5.74) is -0.0113. The Morgan fingerprint density at radius 1 is 1.23 bits per heavy atom. The maximum atomic E-state index is 9.54. The van der Waals surface area contributed by atoms with Gasteiger partial charge in [-0.2, -0.15) is 0 Å². The van der Waals surface area contributed by atoms with Gasteiger partial charge in [0, 0.05) is 11.8 Å². The zero-order valence-electron chi connectivity index (χ0n) is 8.62. The van der Waals surface area contributed by atoms with Gasteiger partial charge >= 0.3 is 0 Å². The van der Waals surface area contributed by atoms with Crippen molar-refractivity contribution in [3.05, 3.63) is 0 Å². The second-order valence-corrected chi connectivity index (χ2v) is 5.10. The van der Waals surface area contributed by atoms with Crippen molar-refractivity contribution in [3.63, 3.8) is 0 Å². The first kappa shape index (κ1) is 9.47. The molecule has 0 aromatic rings. The molecule has 0 heterocycles. The van der Waals surface area contributed by atoms with Crippen molar-refractivity contribution in [2.24, 2.45) is 5.41 Å². The van der Waals surface area contributed by atoms with Crippen LogP contribution in [-0.4, -0.2) is 23.4 Å². The molecule has 2 nitrogen and oxygen atoms in total. The number of rotatable bonds is 2. The van der Waals surface area contributed by atoms with Crippen LogP contribution in [0.2, 0.25) is 0 Å². The Morgan fingerprint density at radius 2 is 1.85 bits per heavy atom. The Morgan fingerprint density at radius 3 is 2.31 bits per heavy atom. The van der Waals surface area contributed by atoms with E-state index in [0.29, 0.717) is 12.2 Å². The second kappa shape index (κ2) is 3.25. The molecule has 0 spiro atoms. The van der Waals surface area contributed by atoms with Gasteiger partial charge in [0.15, 0.2) is 0 Å². The van der Waals surface area contributed by atoms with Crippen LogP contribution in [0.5, 0.6) is 0 Å². The molecule has 0 amide bonds. The molecule has 2 aliphatic rings. The van der Waals surface area contributed by atoms with Crippen molar-refractivity contribution >= 4 is 0 Å². The lowest BCUT2D eigenvalue weighted by atomic mass is 9.66. The number of hydrogen-bond acceptors (Lipinski definition) is 2. The van der Waals surface area contributed by atoms with Gasteiger partial charge in [-0.05, 0) is 12.8 Å². The van der Waals surface area contributed by atoms with Gasteiger partial charge in [0.2, 0.25) is 0 Å². The number of hydrogen-bond donors (Lipinski definition) is 1. The standard InChI is InChI=1S/C11H20O2/c1-11(2)9(12)7-10(11)13-8-5-3-4-6-8/h8-10,12H,3-7H2,1-2H3. The van der Waals surface area contributed by atoms with Gasteiger partial charge in [0.1, 0.15) is 0 Å². The summed E-state index contributed by atoms with van der Waals surface area (Å²) in [6.07, 6.45) is 6.55. The van der Waals surface area contributed by atoms with Gasteiger partial charge in [-0.3, -0.25) is 0 Å². The molecule has 0 bridgehead atoms. The molecule has 2 rings (SSSR count). The fourth-order valence-corrected chi connectivity index (χ4v) is 2.35. The summed E-state index contributed by atoms with van der Waals surface area (Å²) in [7, 11) is 0. The molecule has 0 aliphatic heterocycles.